The Balaban J connectivity index is 1.41. The van der Waals surface area contributed by atoms with Crippen molar-refractivity contribution in [2.24, 2.45) is 0 Å². The summed E-state index contributed by atoms with van der Waals surface area (Å²) in [7, 11) is -3.12. The van der Waals surface area contributed by atoms with Crippen LogP contribution in [0.4, 0.5) is 5.69 Å². The van der Waals surface area contributed by atoms with Gasteiger partial charge in [-0.15, -0.1) is 0 Å². The van der Waals surface area contributed by atoms with E-state index in [-0.39, 0.29) is 36.0 Å². The van der Waals surface area contributed by atoms with Crippen LogP contribution in [0.1, 0.15) is 5.56 Å². The number of amides is 1. The van der Waals surface area contributed by atoms with Crippen molar-refractivity contribution in [1.82, 2.24) is 4.90 Å². The first kappa shape index (κ1) is 17.8. The molecule has 4 rings (SSSR count). The highest BCUT2D eigenvalue weighted by Gasteiger charge is 2.45. The van der Waals surface area contributed by atoms with Gasteiger partial charge in [-0.1, -0.05) is 12.1 Å². The van der Waals surface area contributed by atoms with Gasteiger partial charge in [0.05, 0.1) is 49.9 Å². The van der Waals surface area contributed by atoms with E-state index in [0.717, 1.165) is 37.6 Å². The van der Waals surface area contributed by atoms with Crippen LogP contribution in [0.15, 0.2) is 24.3 Å². The van der Waals surface area contributed by atoms with E-state index in [0.29, 0.717) is 13.2 Å². The molecule has 0 bridgehead atoms. The van der Waals surface area contributed by atoms with E-state index < -0.39 is 9.84 Å². The maximum absolute atomic E-state index is 12.8. The van der Waals surface area contributed by atoms with Crippen molar-refractivity contribution in [2.45, 2.75) is 18.6 Å². The molecule has 8 heteroatoms. The van der Waals surface area contributed by atoms with E-state index >= 15 is 0 Å². The first-order chi connectivity index (χ1) is 12.5. The average molecular weight is 380 g/mol. The lowest BCUT2D eigenvalue weighted by Gasteiger charge is -2.36. The Hall–Kier alpha value is -1.64. The highest BCUT2D eigenvalue weighted by Crippen LogP contribution is 2.25. The van der Waals surface area contributed by atoms with Crippen LogP contribution in [0.2, 0.25) is 0 Å². The molecule has 1 aromatic carbocycles. The van der Waals surface area contributed by atoms with Crippen LogP contribution in [-0.4, -0.2) is 82.3 Å². The number of nitrogens with zero attached hydrogens (tertiary/aromatic N) is 2. The number of benzene rings is 1. The van der Waals surface area contributed by atoms with Gasteiger partial charge in [0.25, 0.3) is 0 Å². The number of anilines is 1. The number of carbonyl (C=O) groups excluding carboxylic acids is 1. The van der Waals surface area contributed by atoms with Gasteiger partial charge in [-0.3, -0.25) is 4.79 Å². The van der Waals surface area contributed by atoms with Gasteiger partial charge < -0.3 is 19.3 Å². The molecule has 7 nitrogen and oxygen atoms in total. The highest BCUT2D eigenvalue weighted by atomic mass is 32.2. The van der Waals surface area contributed by atoms with Crippen LogP contribution in [0.25, 0.3) is 0 Å². The lowest BCUT2D eigenvalue weighted by atomic mass is 10.1. The molecule has 2 unspecified atom stereocenters. The van der Waals surface area contributed by atoms with Gasteiger partial charge in [0.2, 0.25) is 5.91 Å². The Kier molecular flexibility index (Phi) is 4.90. The number of sulfone groups is 1. The summed E-state index contributed by atoms with van der Waals surface area (Å²) < 4.78 is 34.7. The molecule has 0 radical (unpaired) electrons. The summed E-state index contributed by atoms with van der Waals surface area (Å²) >= 11 is 0. The van der Waals surface area contributed by atoms with Crippen LogP contribution in [0, 0.1) is 0 Å². The summed E-state index contributed by atoms with van der Waals surface area (Å²) in [5.41, 5.74) is 2.08. The fourth-order valence-electron chi connectivity index (χ4n) is 3.95. The van der Waals surface area contributed by atoms with Gasteiger partial charge in [0, 0.05) is 25.3 Å². The Labute approximate surface area is 153 Å². The molecule has 0 aliphatic carbocycles. The summed E-state index contributed by atoms with van der Waals surface area (Å²) in [5.74, 6) is 0.00855. The van der Waals surface area contributed by atoms with E-state index in [1.165, 1.54) is 0 Å². The number of fused-ring (bicyclic) bond motifs is 1. The molecule has 0 saturated carbocycles. The third-order valence-electron chi connectivity index (χ3n) is 5.32. The largest absolute Gasteiger partial charge is 0.378 e. The smallest absolute Gasteiger partial charge is 0.227 e. The van der Waals surface area contributed by atoms with Gasteiger partial charge in [-0.25, -0.2) is 8.42 Å². The molecule has 3 aliphatic rings. The second kappa shape index (κ2) is 7.17. The van der Waals surface area contributed by atoms with Gasteiger partial charge in [-0.05, 0) is 17.7 Å². The molecule has 1 amide bonds. The SMILES string of the molecule is O=C(Cc1ccc(N2CCOCC2)cc1)N1CCOC2CS(=O)(=O)CC21. The number of hydrogen-bond donors (Lipinski definition) is 0. The lowest BCUT2D eigenvalue weighted by molar-refractivity contribution is -0.142. The van der Waals surface area contributed by atoms with Crippen molar-refractivity contribution >= 4 is 21.4 Å². The van der Waals surface area contributed by atoms with E-state index in [2.05, 4.69) is 4.90 Å². The molecule has 0 aromatic heterocycles. The van der Waals surface area contributed by atoms with Gasteiger partial charge in [0.1, 0.15) is 0 Å². The number of carbonyl (C=O) groups is 1. The van der Waals surface area contributed by atoms with Crippen LogP contribution in [0.5, 0.6) is 0 Å². The molecule has 0 N–H and O–H groups in total. The Morgan fingerprint density at radius 1 is 1.04 bits per heavy atom. The van der Waals surface area contributed by atoms with Crippen LogP contribution in [0.3, 0.4) is 0 Å². The average Bonchev–Trinajstić information content (AvgIpc) is 2.96. The Morgan fingerprint density at radius 2 is 1.77 bits per heavy atom. The third-order valence-corrected chi connectivity index (χ3v) is 7.01. The van der Waals surface area contributed by atoms with Crippen molar-refractivity contribution in [1.29, 1.82) is 0 Å². The van der Waals surface area contributed by atoms with E-state index in [1.54, 1.807) is 4.90 Å². The van der Waals surface area contributed by atoms with Crippen molar-refractivity contribution < 1.29 is 22.7 Å². The minimum absolute atomic E-state index is 0.0133. The van der Waals surface area contributed by atoms with E-state index in [9.17, 15) is 13.2 Å². The summed E-state index contributed by atoms with van der Waals surface area (Å²) in [6, 6.07) is 7.69. The first-order valence-electron chi connectivity index (χ1n) is 9.05. The molecule has 1 aromatic rings. The maximum atomic E-state index is 12.8. The fourth-order valence-corrected chi connectivity index (χ4v) is 5.82. The minimum Gasteiger partial charge on any atom is -0.378 e. The predicted molar refractivity (Wildman–Crippen MR) is 97.1 cm³/mol. The molecular formula is C18H24N2O5S. The molecule has 26 heavy (non-hydrogen) atoms. The number of morpholine rings is 2. The Morgan fingerprint density at radius 3 is 2.50 bits per heavy atom. The van der Waals surface area contributed by atoms with Crippen molar-refractivity contribution in [2.75, 3.05) is 55.9 Å². The van der Waals surface area contributed by atoms with Crippen LogP contribution >= 0.6 is 0 Å². The molecule has 0 spiro atoms. The zero-order valence-electron chi connectivity index (χ0n) is 14.7. The quantitative estimate of drug-likeness (QED) is 0.740. The van der Waals surface area contributed by atoms with Crippen molar-refractivity contribution in [3.05, 3.63) is 29.8 Å². The standard InChI is InChI=1S/C18H24N2O5S/c21-18(20-7-10-25-17-13-26(22,23)12-16(17)20)11-14-1-3-15(4-2-14)19-5-8-24-9-6-19/h1-4,16-17H,5-13H2. The third kappa shape index (κ3) is 3.72. The number of rotatable bonds is 3. The van der Waals surface area contributed by atoms with Crippen molar-refractivity contribution in [3.8, 4) is 0 Å². The predicted octanol–water partition coefficient (Wildman–Crippen LogP) is 0.0901. The summed E-state index contributed by atoms with van der Waals surface area (Å²) in [4.78, 5) is 16.7. The number of ether oxygens (including phenoxy) is 2. The van der Waals surface area contributed by atoms with Gasteiger partial charge in [0.15, 0.2) is 9.84 Å². The van der Waals surface area contributed by atoms with E-state index in [1.807, 2.05) is 24.3 Å². The normalized spacial score (nSPS) is 28.0. The first-order valence-corrected chi connectivity index (χ1v) is 10.9. The zero-order chi connectivity index (χ0) is 18.1. The second-order valence-corrected chi connectivity index (χ2v) is 9.24. The maximum Gasteiger partial charge on any atom is 0.227 e. The second-order valence-electron chi connectivity index (χ2n) is 7.08. The van der Waals surface area contributed by atoms with Crippen LogP contribution < -0.4 is 4.90 Å². The molecule has 3 saturated heterocycles. The van der Waals surface area contributed by atoms with E-state index in [4.69, 9.17) is 9.47 Å². The monoisotopic (exact) mass is 380 g/mol. The molecule has 142 valence electrons. The van der Waals surface area contributed by atoms with Gasteiger partial charge >= 0.3 is 0 Å². The Bertz CT molecular complexity index is 758. The summed E-state index contributed by atoms with van der Waals surface area (Å²) in [5, 5.41) is 0. The topological polar surface area (TPSA) is 76.2 Å². The van der Waals surface area contributed by atoms with Crippen molar-refractivity contribution in [3.63, 3.8) is 0 Å². The van der Waals surface area contributed by atoms with Gasteiger partial charge in [-0.2, -0.15) is 0 Å². The van der Waals surface area contributed by atoms with Crippen LogP contribution in [-0.2, 0) is 30.5 Å². The molecular weight excluding hydrogens is 356 g/mol. The molecule has 2 atom stereocenters. The zero-order valence-corrected chi connectivity index (χ0v) is 15.5. The summed E-state index contributed by atoms with van der Waals surface area (Å²) in [6.45, 7) is 4.10. The molecule has 3 fully saturated rings. The number of hydrogen-bond acceptors (Lipinski definition) is 6. The molecule has 3 heterocycles. The minimum atomic E-state index is -3.12. The fraction of sp³-hybridized carbons (Fsp3) is 0.611. The summed E-state index contributed by atoms with van der Waals surface area (Å²) in [6.07, 6.45) is -0.0893. The highest BCUT2D eigenvalue weighted by molar-refractivity contribution is 7.91. The molecule has 3 aliphatic heterocycles. The lowest BCUT2D eigenvalue weighted by Crippen LogP contribution is -2.53.